The van der Waals surface area contributed by atoms with Gasteiger partial charge in [-0.3, -0.25) is 9.59 Å². The number of rotatable bonds is 8. The summed E-state index contributed by atoms with van der Waals surface area (Å²) in [6, 6.07) is 8.27. The number of ether oxygens (including phenoxy) is 2. The van der Waals surface area contributed by atoms with E-state index in [-0.39, 0.29) is 11.6 Å². The van der Waals surface area contributed by atoms with Crippen molar-refractivity contribution in [1.82, 2.24) is 10.6 Å². The predicted molar refractivity (Wildman–Crippen MR) is 113 cm³/mol. The topological polar surface area (TPSA) is 89.8 Å². The minimum Gasteiger partial charge on any atom is -0.493 e. The zero-order valence-electron chi connectivity index (χ0n) is 17.4. The maximum atomic E-state index is 12.8. The van der Waals surface area contributed by atoms with Crippen LogP contribution >= 0.6 is 0 Å². The first-order chi connectivity index (χ1) is 14.6. The minimum atomic E-state index is -0.429. The van der Waals surface area contributed by atoms with Crippen molar-refractivity contribution in [3.05, 3.63) is 53.6 Å². The fourth-order valence-corrected chi connectivity index (χ4v) is 3.57. The van der Waals surface area contributed by atoms with Crippen molar-refractivity contribution < 1.29 is 23.5 Å². The highest BCUT2D eigenvalue weighted by Gasteiger charge is 2.19. The first kappa shape index (κ1) is 21.5. The molecule has 30 heavy (non-hydrogen) atoms. The molecule has 0 aliphatic heterocycles. The molecule has 1 aliphatic carbocycles. The summed E-state index contributed by atoms with van der Waals surface area (Å²) in [6.45, 7) is 0.598. The number of nitrogens with one attached hydrogen (secondary N) is 2. The van der Waals surface area contributed by atoms with Crippen LogP contribution in [-0.4, -0.2) is 32.6 Å². The maximum Gasteiger partial charge on any atom is 0.267 e. The molecule has 0 spiro atoms. The molecule has 0 bridgehead atoms. The van der Waals surface area contributed by atoms with Gasteiger partial charge in [0.1, 0.15) is 11.5 Å². The second-order valence-electron chi connectivity index (χ2n) is 7.31. The number of furan rings is 1. The van der Waals surface area contributed by atoms with Gasteiger partial charge in [0.25, 0.3) is 11.8 Å². The van der Waals surface area contributed by atoms with Gasteiger partial charge < -0.3 is 24.5 Å². The molecule has 2 N–H and O–H groups in total. The number of benzene rings is 1. The Balaban J connectivity index is 1.73. The van der Waals surface area contributed by atoms with Gasteiger partial charge in [0.2, 0.25) is 0 Å². The van der Waals surface area contributed by atoms with Gasteiger partial charge >= 0.3 is 0 Å². The van der Waals surface area contributed by atoms with Crippen molar-refractivity contribution in [2.24, 2.45) is 5.92 Å². The van der Waals surface area contributed by atoms with Gasteiger partial charge in [-0.15, -0.1) is 0 Å². The van der Waals surface area contributed by atoms with E-state index in [4.69, 9.17) is 13.9 Å². The van der Waals surface area contributed by atoms with E-state index in [9.17, 15) is 9.59 Å². The highest BCUT2D eigenvalue weighted by atomic mass is 16.5. The first-order valence-electron chi connectivity index (χ1n) is 10.2. The average molecular weight is 412 g/mol. The molecule has 2 aromatic rings. The van der Waals surface area contributed by atoms with Crippen LogP contribution in [0.2, 0.25) is 0 Å². The number of amides is 2. The van der Waals surface area contributed by atoms with E-state index in [1.807, 2.05) is 0 Å². The average Bonchev–Trinajstić information content (AvgIpc) is 3.30. The third kappa shape index (κ3) is 5.65. The van der Waals surface area contributed by atoms with Crippen molar-refractivity contribution in [2.45, 2.75) is 32.1 Å². The molecule has 1 saturated carbocycles. The molecule has 7 nitrogen and oxygen atoms in total. The van der Waals surface area contributed by atoms with Crippen LogP contribution in [0.15, 0.2) is 46.7 Å². The molecule has 2 amide bonds. The van der Waals surface area contributed by atoms with E-state index in [1.165, 1.54) is 45.8 Å². The highest BCUT2D eigenvalue weighted by molar-refractivity contribution is 6.05. The lowest BCUT2D eigenvalue weighted by Gasteiger charge is -2.22. The van der Waals surface area contributed by atoms with Crippen LogP contribution in [0.4, 0.5) is 0 Å². The van der Waals surface area contributed by atoms with E-state index in [1.54, 1.807) is 30.3 Å². The molecular formula is C23H28N2O5. The van der Waals surface area contributed by atoms with Crippen LogP contribution in [0, 0.1) is 5.92 Å². The Morgan fingerprint density at radius 3 is 2.53 bits per heavy atom. The van der Waals surface area contributed by atoms with Gasteiger partial charge in [-0.25, -0.2) is 0 Å². The van der Waals surface area contributed by atoms with Gasteiger partial charge in [0.05, 0.1) is 20.5 Å². The van der Waals surface area contributed by atoms with E-state index < -0.39 is 5.91 Å². The molecule has 0 unspecified atom stereocenters. The Bertz CT molecular complexity index is 883. The zero-order valence-corrected chi connectivity index (χ0v) is 17.4. The molecule has 7 heteroatoms. The summed E-state index contributed by atoms with van der Waals surface area (Å²) in [5.74, 6) is 1.14. The summed E-state index contributed by atoms with van der Waals surface area (Å²) < 4.78 is 15.8. The standard InChI is InChI=1S/C23H28N2O5/c1-28-20-11-10-17(13-21(20)29-2)22(26)25-19(14-18-9-6-12-30-18)23(27)24-15-16-7-4-3-5-8-16/h6,9-14,16H,3-5,7-8,15H2,1-2H3,(H,24,27)(H,25,26)/b19-14-. The second kappa shape index (κ2) is 10.5. The molecule has 160 valence electrons. The molecule has 1 fully saturated rings. The monoisotopic (exact) mass is 412 g/mol. The van der Waals surface area contributed by atoms with E-state index >= 15 is 0 Å². The maximum absolute atomic E-state index is 12.8. The molecule has 0 saturated heterocycles. The normalized spacial score (nSPS) is 14.8. The van der Waals surface area contributed by atoms with Crippen molar-refractivity contribution in [3.8, 4) is 11.5 Å². The number of hydrogen-bond donors (Lipinski definition) is 2. The summed E-state index contributed by atoms with van der Waals surface area (Å²) >= 11 is 0. The van der Waals surface area contributed by atoms with Crippen molar-refractivity contribution in [2.75, 3.05) is 20.8 Å². The minimum absolute atomic E-state index is 0.126. The lowest BCUT2D eigenvalue weighted by atomic mass is 9.89. The summed E-state index contributed by atoms with van der Waals surface area (Å²) in [7, 11) is 3.03. The number of carbonyl (C=O) groups is 2. The smallest absolute Gasteiger partial charge is 0.267 e. The Morgan fingerprint density at radius 2 is 1.87 bits per heavy atom. The Kier molecular flexibility index (Phi) is 7.54. The zero-order chi connectivity index (χ0) is 21.3. The molecule has 1 aromatic heterocycles. The molecule has 3 rings (SSSR count). The predicted octanol–water partition coefficient (Wildman–Crippen LogP) is 3.76. The summed E-state index contributed by atoms with van der Waals surface area (Å²) in [6.07, 6.45) is 8.94. The summed E-state index contributed by atoms with van der Waals surface area (Å²) in [4.78, 5) is 25.6. The third-order valence-electron chi connectivity index (χ3n) is 5.24. The fourth-order valence-electron chi connectivity index (χ4n) is 3.57. The lowest BCUT2D eigenvalue weighted by molar-refractivity contribution is -0.118. The Labute approximate surface area is 176 Å². The lowest BCUT2D eigenvalue weighted by Crippen LogP contribution is -2.37. The Hall–Kier alpha value is -3.22. The van der Waals surface area contributed by atoms with Crippen molar-refractivity contribution in [1.29, 1.82) is 0 Å². The SMILES string of the molecule is COc1ccc(C(=O)N/C(=C\c2ccco2)C(=O)NCC2CCCCC2)cc1OC. The summed E-state index contributed by atoms with van der Waals surface area (Å²) in [5, 5.41) is 5.66. The van der Waals surface area contributed by atoms with Crippen LogP contribution < -0.4 is 20.1 Å². The third-order valence-corrected chi connectivity index (χ3v) is 5.24. The van der Waals surface area contributed by atoms with Gasteiger partial charge in [-0.05, 0) is 49.1 Å². The largest absolute Gasteiger partial charge is 0.493 e. The number of carbonyl (C=O) groups excluding carboxylic acids is 2. The Morgan fingerprint density at radius 1 is 1.10 bits per heavy atom. The van der Waals surface area contributed by atoms with Gasteiger partial charge in [0, 0.05) is 18.2 Å². The van der Waals surface area contributed by atoms with Crippen LogP contribution in [0.25, 0.3) is 6.08 Å². The highest BCUT2D eigenvalue weighted by Crippen LogP contribution is 2.27. The van der Waals surface area contributed by atoms with Crippen molar-refractivity contribution in [3.63, 3.8) is 0 Å². The van der Waals surface area contributed by atoms with Crippen LogP contribution in [0.3, 0.4) is 0 Å². The van der Waals surface area contributed by atoms with Gasteiger partial charge in [-0.2, -0.15) is 0 Å². The van der Waals surface area contributed by atoms with Gasteiger partial charge in [0.15, 0.2) is 11.5 Å². The molecule has 0 atom stereocenters. The number of methoxy groups -OCH3 is 2. The van der Waals surface area contributed by atoms with Gasteiger partial charge in [-0.1, -0.05) is 19.3 Å². The summed E-state index contributed by atoms with van der Waals surface area (Å²) in [5.41, 5.74) is 0.471. The van der Waals surface area contributed by atoms with Crippen LogP contribution in [0.1, 0.15) is 48.2 Å². The number of hydrogen-bond acceptors (Lipinski definition) is 5. The van der Waals surface area contributed by atoms with E-state index in [2.05, 4.69) is 10.6 Å². The molecular weight excluding hydrogens is 384 g/mol. The van der Waals surface area contributed by atoms with Crippen LogP contribution in [-0.2, 0) is 4.79 Å². The second-order valence-corrected chi connectivity index (χ2v) is 7.31. The quantitative estimate of drug-likeness (QED) is 0.645. The molecule has 1 aromatic carbocycles. The fraction of sp³-hybridized carbons (Fsp3) is 0.391. The van der Waals surface area contributed by atoms with E-state index in [0.29, 0.717) is 35.3 Å². The first-order valence-corrected chi connectivity index (χ1v) is 10.2. The van der Waals surface area contributed by atoms with Crippen molar-refractivity contribution >= 4 is 17.9 Å². The molecule has 0 radical (unpaired) electrons. The molecule has 1 aliphatic rings. The molecule has 1 heterocycles. The van der Waals surface area contributed by atoms with Crippen LogP contribution in [0.5, 0.6) is 11.5 Å². The van der Waals surface area contributed by atoms with E-state index in [0.717, 1.165) is 12.8 Å².